The van der Waals surface area contributed by atoms with Crippen LogP contribution in [0, 0.1) is 6.92 Å². The molecule has 33 heavy (non-hydrogen) atoms. The number of nitrogens with one attached hydrogen (secondary N) is 3. The Kier molecular flexibility index (Phi) is 5.67. The summed E-state index contributed by atoms with van der Waals surface area (Å²) in [6.07, 6.45) is 2.28. The van der Waals surface area contributed by atoms with Crippen LogP contribution < -0.4 is 15.9 Å². The topological polar surface area (TPSA) is 112 Å². The molecule has 3 heterocycles. The lowest BCUT2D eigenvalue weighted by molar-refractivity contribution is -0.115. The maximum atomic E-state index is 12.9. The van der Waals surface area contributed by atoms with Gasteiger partial charge in [0.2, 0.25) is 11.9 Å². The van der Waals surface area contributed by atoms with Crippen LogP contribution in [0.1, 0.15) is 25.3 Å². The molecule has 1 unspecified atom stereocenters. The second-order valence-corrected chi connectivity index (χ2v) is 9.54. The first kappa shape index (κ1) is 21.3. The Morgan fingerprint density at radius 1 is 1.06 bits per heavy atom. The predicted octanol–water partition coefficient (Wildman–Crippen LogP) is 3.46. The number of nitrogens with zero attached hydrogens (tertiary/aromatic N) is 4. The quantitative estimate of drug-likeness (QED) is 0.378. The lowest BCUT2D eigenvalue weighted by atomic mass is 10.2. The first-order chi connectivity index (χ1) is 16.0. The second kappa shape index (κ2) is 8.78. The van der Waals surface area contributed by atoms with E-state index >= 15 is 0 Å². The standard InChI is InChI=1S/C23H25N7O2S/c1-14-5-8-17(9-6-14)30-22(29-11-3-4-12-29)27-28-23(30)33-15(2)20(31)24-16-7-10-18-19(13-16)26-21(32)25-18/h5-10,13,15H,3-4,11-12H2,1-2H3,(H,24,31)(H2,25,26,32). The number of hydrogen-bond donors (Lipinski definition) is 3. The van der Waals surface area contributed by atoms with E-state index in [1.165, 1.54) is 17.3 Å². The molecule has 0 aliphatic carbocycles. The molecule has 1 amide bonds. The highest BCUT2D eigenvalue weighted by molar-refractivity contribution is 8.00. The van der Waals surface area contributed by atoms with Crippen molar-refractivity contribution in [3.63, 3.8) is 0 Å². The molecule has 1 saturated heterocycles. The summed E-state index contributed by atoms with van der Waals surface area (Å²) < 4.78 is 2.04. The van der Waals surface area contributed by atoms with E-state index in [1.54, 1.807) is 18.2 Å². The Balaban J connectivity index is 1.38. The van der Waals surface area contributed by atoms with Gasteiger partial charge in [0.25, 0.3) is 0 Å². The third-order valence-electron chi connectivity index (χ3n) is 5.73. The van der Waals surface area contributed by atoms with E-state index in [2.05, 4.69) is 61.6 Å². The minimum Gasteiger partial charge on any atom is -0.341 e. The molecule has 1 aliphatic heterocycles. The predicted molar refractivity (Wildman–Crippen MR) is 130 cm³/mol. The molecular weight excluding hydrogens is 438 g/mol. The first-order valence-corrected chi connectivity index (χ1v) is 11.8. The zero-order valence-corrected chi connectivity index (χ0v) is 19.3. The van der Waals surface area contributed by atoms with Crippen molar-refractivity contribution in [1.82, 2.24) is 24.7 Å². The van der Waals surface area contributed by atoms with Gasteiger partial charge in [0.1, 0.15) is 0 Å². The number of H-pyrrole nitrogens is 2. The number of anilines is 2. The molecule has 0 radical (unpaired) electrons. The molecule has 2 aromatic carbocycles. The number of benzene rings is 2. The third-order valence-corrected chi connectivity index (χ3v) is 6.77. The molecule has 1 atom stereocenters. The number of carbonyl (C=O) groups is 1. The van der Waals surface area contributed by atoms with Crippen LogP contribution in [-0.2, 0) is 4.79 Å². The Morgan fingerprint density at radius 3 is 2.55 bits per heavy atom. The van der Waals surface area contributed by atoms with Crippen molar-refractivity contribution in [2.24, 2.45) is 0 Å². The smallest absolute Gasteiger partial charge is 0.323 e. The summed E-state index contributed by atoms with van der Waals surface area (Å²) in [5.74, 6) is 0.659. The van der Waals surface area contributed by atoms with Crippen molar-refractivity contribution in [2.45, 2.75) is 37.1 Å². The van der Waals surface area contributed by atoms with Crippen molar-refractivity contribution in [2.75, 3.05) is 23.3 Å². The Labute approximate surface area is 194 Å². The van der Waals surface area contributed by atoms with Gasteiger partial charge in [-0.15, -0.1) is 10.2 Å². The number of thioether (sulfide) groups is 1. The normalized spacial score (nSPS) is 14.7. The van der Waals surface area contributed by atoms with Crippen LogP contribution in [0.2, 0.25) is 0 Å². The molecule has 170 valence electrons. The second-order valence-electron chi connectivity index (χ2n) is 8.24. The fraction of sp³-hybridized carbons (Fsp3) is 0.304. The van der Waals surface area contributed by atoms with E-state index in [0.717, 1.165) is 37.6 Å². The average Bonchev–Trinajstić information content (AvgIpc) is 3.53. The van der Waals surface area contributed by atoms with Crippen molar-refractivity contribution in [3.8, 4) is 5.69 Å². The van der Waals surface area contributed by atoms with E-state index in [1.807, 2.05) is 11.5 Å². The van der Waals surface area contributed by atoms with Gasteiger partial charge in [-0.25, -0.2) is 4.79 Å². The van der Waals surface area contributed by atoms with E-state index < -0.39 is 5.25 Å². The highest BCUT2D eigenvalue weighted by atomic mass is 32.2. The third kappa shape index (κ3) is 4.38. The zero-order valence-electron chi connectivity index (χ0n) is 18.5. The van der Waals surface area contributed by atoms with Crippen LogP contribution in [0.25, 0.3) is 16.7 Å². The molecular formula is C23H25N7O2S. The van der Waals surface area contributed by atoms with Crippen molar-refractivity contribution in [3.05, 3.63) is 58.5 Å². The summed E-state index contributed by atoms with van der Waals surface area (Å²) in [4.78, 5) is 32.1. The van der Waals surface area contributed by atoms with Gasteiger partial charge >= 0.3 is 5.69 Å². The van der Waals surface area contributed by atoms with Crippen LogP contribution in [0.3, 0.4) is 0 Å². The number of hydrogen-bond acceptors (Lipinski definition) is 6. The Morgan fingerprint density at radius 2 is 1.79 bits per heavy atom. The Hall–Kier alpha value is -3.53. The van der Waals surface area contributed by atoms with Crippen LogP contribution in [0.5, 0.6) is 0 Å². The molecule has 3 N–H and O–H groups in total. The molecule has 2 aromatic heterocycles. The highest BCUT2D eigenvalue weighted by Crippen LogP contribution is 2.31. The summed E-state index contributed by atoms with van der Waals surface area (Å²) in [6, 6.07) is 13.5. The number of aromatic amines is 2. The number of aromatic nitrogens is 5. The molecule has 0 bridgehead atoms. The minimum atomic E-state index is -0.411. The largest absolute Gasteiger partial charge is 0.341 e. The zero-order chi connectivity index (χ0) is 22.9. The fourth-order valence-electron chi connectivity index (χ4n) is 3.95. The molecule has 4 aromatic rings. The first-order valence-electron chi connectivity index (χ1n) is 10.9. The fourth-order valence-corrected chi connectivity index (χ4v) is 4.81. The van der Waals surface area contributed by atoms with Crippen molar-refractivity contribution in [1.29, 1.82) is 0 Å². The van der Waals surface area contributed by atoms with Gasteiger partial charge in [0.15, 0.2) is 5.16 Å². The molecule has 1 aliphatic rings. The van der Waals surface area contributed by atoms with E-state index in [-0.39, 0.29) is 11.6 Å². The summed E-state index contributed by atoms with van der Waals surface area (Å²) >= 11 is 1.37. The summed E-state index contributed by atoms with van der Waals surface area (Å²) in [5.41, 5.74) is 3.84. The SMILES string of the molecule is Cc1ccc(-n2c(SC(C)C(=O)Nc3ccc4[nH]c(=O)[nH]c4c3)nnc2N2CCCC2)cc1. The maximum Gasteiger partial charge on any atom is 0.323 e. The van der Waals surface area contributed by atoms with Crippen LogP contribution in [0.4, 0.5) is 11.6 Å². The van der Waals surface area contributed by atoms with E-state index in [9.17, 15) is 9.59 Å². The maximum absolute atomic E-state index is 12.9. The highest BCUT2D eigenvalue weighted by Gasteiger charge is 2.25. The van der Waals surface area contributed by atoms with Gasteiger partial charge in [-0.3, -0.25) is 9.36 Å². The molecule has 10 heteroatoms. The van der Waals surface area contributed by atoms with Gasteiger partial charge in [0.05, 0.1) is 22.0 Å². The number of imidazole rings is 1. The van der Waals surface area contributed by atoms with E-state index in [0.29, 0.717) is 21.9 Å². The lowest BCUT2D eigenvalue weighted by Crippen LogP contribution is -2.24. The van der Waals surface area contributed by atoms with Gasteiger partial charge in [-0.1, -0.05) is 29.5 Å². The molecule has 0 saturated carbocycles. The van der Waals surface area contributed by atoms with Gasteiger partial charge in [-0.2, -0.15) is 0 Å². The van der Waals surface area contributed by atoms with Gasteiger partial charge in [0, 0.05) is 18.8 Å². The van der Waals surface area contributed by atoms with Gasteiger partial charge in [-0.05, 0) is 57.0 Å². The van der Waals surface area contributed by atoms with Gasteiger partial charge < -0.3 is 20.2 Å². The number of amides is 1. The summed E-state index contributed by atoms with van der Waals surface area (Å²) in [6.45, 7) is 5.81. The average molecular weight is 464 g/mol. The number of fused-ring (bicyclic) bond motifs is 1. The molecule has 1 fully saturated rings. The summed E-state index contributed by atoms with van der Waals surface area (Å²) in [7, 11) is 0. The van der Waals surface area contributed by atoms with Crippen LogP contribution >= 0.6 is 11.8 Å². The number of rotatable bonds is 6. The van der Waals surface area contributed by atoms with Crippen LogP contribution in [-0.4, -0.2) is 49.0 Å². The summed E-state index contributed by atoms with van der Waals surface area (Å²) in [5, 5.41) is 12.1. The lowest BCUT2D eigenvalue weighted by Gasteiger charge is -2.19. The monoisotopic (exact) mass is 463 g/mol. The Bertz CT molecular complexity index is 1350. The molecule has 0 spiro atoms. The number of aryl methyl sites for hydroxylation is 1. The van der Waals surface area contributed by atoms with E-state index in [4.69, 9.17) is 0 Å². The number of carbonyl (C=O) groups excluding carboxylic acids is 1. The molecule has 5 rings (SSSR count). The molecule has 9 nitrogen and oxygen atoms in total. The van der Waals surface area contributed by atoms with Crippen molar-refractivity contribution >= 4 is 40.3 Å². The van der Waals surface area contributed by atoms with Crippen molar-refractivity contribution < 1.29 is 4.79 Å². The minimum absolute atomic E-state index is 0.154. The van der Waals surface area contributed by atoms with Crippen LogP contribution in [0.15, 0.2) is 52.4 Å².